The van der Waals surface area contributed by atoms with E-state index in [1.807, 2.05) is 0 Å². The topological polar surface area (TPSA) is 77.8 Å². The van der Waals surface area contributed by atoms with Crippen LogP contribution in [-0.4, -0.2) is 55.9 Å². The number of phenolic OH excluding ortho intramolecular Hbond substituents is 2. The second-order valence-corrected chi connectivity index (χ2v) is 10.0. The first-order chi connectivity index (χ1) is 13.8. The van der Waals surface area contributed by atoms with Gasteiger partial charge in [-0.2, -0.15) is 0 Å². The van der Waals surface area contributed by atoms with Crippen molar-refractivity contribution < 1.29 is 28.0 Å². The van der Waals surface area contributed by atoms with E-state index in [-0.39, 0.29) is 59.0 Å². The number of allylic oxidation sites excluding steroid dienone is 3. The fourth-order valence-corrected chi connectivity index (χ4v) is 4.79. The number of benzene rings is 1. The summed E-state index contributed by atoms with van der Waals surface area (Å²) < 4.78 is 39.3. The lowest BCUT2D eigenvalue weighted by molar-refractivity contribution is -0.133. The first kappa shape index (κ1) is 24.0. The standard InChI is InChI=1S/C21H24ClF2NO4S/c1-14(13-30(3,29)19-11-16(22)17(26)12-18(19)27)5-4-6-15(2)20(28)25-9-7-21(23,24)8-10-25/h4-6,11-12,26-27H,1,3,7-10,13H2,2H3/b5-4-,15-6+. The summed E-state index contributed by atoms with van der Waals surface area (Å²) in [5.41, 5.74) is 0.801. The van der Waals surface area contributed by atoms with Crippen molar-refractivity contribution >= 4 is 32.9 Å². The largest absolute Gasteiger partial charge is 0.507 e. The van der Waals surface area contributed by atoms with Crippen molar-refractivity contribution in [3.63, 3.8) is 0 Å². The Labute approximate surface area is 180 Å². The van der Waals surface area contributed by atoms with Crippen LogP contribution in [0.15, 0.2) is 53.0 Å². The van der Waals surface area contributed by atoms with E-state index in [1.165, 1.54) is 17.0 Å². The number of alkyl halides is 2. The van der Waals surface area contributed by atoms with Crippen LogP contribution >= 0.6 is 11.6 Å². The molecule has 1 amide bonds. The minimum atomic E-state index is -2.99. The van der Waals surface area contributed by atoms with Crippen molar-refractivity contribution in [3.8, 4) is 11.5 Å². The molecule has 1 aromatic carbocycles. The van der Waals surface area contributed by atoms with Gasteiger partial charge in [0.1, 0.15) is 11.5 Å². The van der Waals surface area contributed by atoms with Gasteiger partial charge in [0.2, 0.25) is 5.91 Å². The number of carbonyl (C=O) groups is 1. The predicted molar refractivity (Wildman–Crippen MR) is 116 cm³/mol. The third-order valence-corrected chi connectivity index (χ3v) is 6.91. The number of phenols is 2. The van der Waals surface area contributed by atoms with Crippen molar-refractivity contribution in [1.82, 2.24) is 4.90 Å². The molecule has 1 aliphatic rings. The van der Waals surface area contributed by atoms with Crippen molar-refractivity contribution in [2.75, 3.05) is 18.8 Å². The Hall–Kier alpha value is -2.32. The van der Waals surface area contributed by atoms with Gasteiger partial charge in [-0.05, 0) is 24.4 Å². The molecule has 9 heteroatoms. The molecule has 0 saturated carbocycles. The SMILES string of the molecule is C=C(/C=C\C=C(/C)C(=O)N1CCC(F)(F)CC1)CS(=C)(=O)c1cc(Cl)c(O)cc1O. The normalized spacial score (nSPS) is 18.9. The van der Waals surface area contributed by atoms with Crippen LogP contribution in [0, 0.1) is 0 Å². The van der Waals surface area contributed by atoms with Crippen molar-refractivity contribution in [2.24, 2.45) is 0 Å². The Morgan fingerprint density at radius 2 is 1.90 bits per heavy atom. The van der Waals surface area contributed by atoms with Crippen LogP contribution in [-0.2, 0) is 14.3 Å². The molecule has 1 aromatic rings. The maximum atomic E-state index is 13.2. The van der Waals surface area contributed by atoms with Gasteiger partial charge < -0.3 is 15.1 Å². The first-order valence-electron chi connectivity index (χ1n) is 9.09. The van der Waals surface area contributed by atoms with Gasteiger partial charge in [0, 0.05) is 52.8 Å². The molecule has 2 N–H and O–H groups in total. The summed E-state index contributed by atoms with van der Waals surface area (Å²) in [6.45, 7) is 5.41. The second-order valence-electron chi connectivity index (χ2n) is 7.24. The summed E-state index contributed by atoms with van der Waals surface area (Å²) in [7, 11) is -2.99. The number of nitrogens with zero attached hydrogens (tertiary/aromatic N) is 1. The molecule has 30 heavy (non-hydrogen) atoms. The number of aromatic hydroxyl groups is 2. The third kappa shape index (κ3) is 6.09. The van der Waals surface area contributed by atoms with Gasteiger partial charge >= 0.3 is 0 Å². The predicted octanol–water partition coefficient (Wildman–Crippen LogP) is 4.14. The molecule has 0 radical (unpaired) electrons. The number of piperidine rings is 1. The highest BCUT2D eigenvalue weighted by molar-refractivity contribution is 8.00. The Morgan fingerprint density at radius 3 is 2.50 bits per heavy atom. The van der Waals surface area contributed by atoms with E-state index in [4.69, 9.17) is 11.6 Å². The van der Waals surface area contributed by atoms with Crippen molar-refractivity contribution in [3.05, 3.63) is 53.1 Å². The van der Waals surface area contributed by atoms with Crippen LogP contribution in [0.1, 0.15) is 19.8 Å². The summed E-state index contributed by atoms with van der Waals surface area (Å²) >= 11 is 5.82. The van der Waals surface area contributed by atoms with Crippen LogP contribution in [0.4, 0.5) is 8.78 Å². The Bertz CT molecular complexity index is 1010. The molecule has 0 aromatic heterocycles. The molecule has 1 unspecified atom stereocenters. The molecule has 1 heterocycles. The van der Waals surface area contributed by atoms with Gasteiger partial charge in [-0.3, -0.25) is 9.00 Å². The van der Waals surface area contributed by atoms with Gasteiger partial charge in [0.05, 0.1) is 9.92 Å². The van der Waals surface area contributed by atoms with Gasteiger partial charge in [0.25, 0.3) is 5.92 Å². The van der Waals surface area contributed by atoms with Crippen molar-refractivity contribution in [2.45, 2.75) is 30.6 Å². The lowest BCUT2D eigenvalue weighted by Gasteiger charge is -2.31. The van der Waals surface area contributed by atoms with E-state index < -0.39 is 15.4 Å². The van der Waals surface area contributed by atoms with Crippen LogP contribution in [0.3, 0.4) is 0 Å². The van der Waals surface area contributed by atoms with E-state index in [0.29, 0.717) is 11.1 Å². The van der Waals surface area contributed by atoms with E-state index in [1.54, 1.807) is 19.1 Å². The lowest BCUT2D eigenvalue weighted by Crippen LogP contribution is -2.43. The molecule has 164 valence electrons. The molecule has 0 bridgehead atoms. The molecule has 5 nitrogen and oxygen atoms in total. The highest BCUT2D eigenvalue weighted by Gasteiger charge is 2.35. The molecular weight excluding hydrogens is 436 g/mol. The second kappa shape index (κ2) is 9.22. The number of halogens is 3. The average Bonchev–Trinajstić information content (AvgIpc) is 2.63. The molecule has 2 rings (SSSR count). The smallest absolute Gasteiger partial charge is 0.251 e. The monoisotopic (exact) mass is 459 g/mol. The molecule has 0 aliphatic carbocycles. The number of carbonyl (C=O) groups excluding carboxylic acids is 1. The number of rotatable bonds is 6. The Kier molecular flexibility index (Phi) is 7.36. The summed E-state index contributed by atoms with van der Waals surface area (Å²) in [5, 5.41) is 19.4. The quantitative estimate of drug-likeness (QED) is 0.380. The van der Waals surface area contributed by atoms with Gasteiger partial charge in [-0.1, -0.05) is 36.4 Å². The number of hydrogen-bond donors (Lipinski definition) is 2. The number of amides is 1. The summed E-state index contributed by atoms with van der Waals surface area (Å²) in [5.74, 6) is -0.190. The average molecular weight is 460 g/mol. The fourth-order valence-electron chi connectivity index (χ4n) is 2.94. The van der Waals surface area contributed by atoms with Gasteiger partial charge in [0.15, 0.2) is 0 Å². The highest BCUT2D eigenvalue weighted by atomic mass is 35.5. The zero-order valence-corrected chi connectivity index (χ0v) is 18.1. The maximum Gasteiger partial charge on any atom is 0.251 e. The lowest BCUT2D eigenvalue weighted by atomic mass is 10.1. The summed E-state index contributed by atoms with van der Waals surface area (Å²) in [6.07, 6.45) is 3.94. The van der Waals surface area contributed by atoms with Crippen molar-refractivity contribution in [1.29, 1.82) is 0 Å². The molecule has 1 fully saturated rings. The summed E-state index contributed by atoms with van der Waals surface area (Å²) in [6, 6.07) is 2.19. The zero-order valence-electron chi connectivity index (χ0n) is 16.5. The zero-order chi connectivity index (χ0) is 22.7. The van der Waals surface area contributed by atoms with Crippen LogP contribution in [0.25, 0.3) is 0 Å². The fraction of sp³-hybridized carbons (Fsp3) is 0.333. The number of likely N-dealkylation sites (tertiary alicyclic amines) is 1. The highest BCUT2D eigenvalue weighted by Crippen LogP contribution is 2.34. The minimum Gasteiger partial charge on any atom is -0.507 e. The van der Waals surface area contributed by atoms with Crippen LogP contribution in [0.5, 0.6) is 11.5 Å². The van der Waals surface area contributed by atoms with Gasteiger partial charge in [-0.25, -0.2) is 8.78 Å². The minimum absolute atomic E-state index is 0.00338. The molecule has 1 atom stereocenters. The van der Waals surface area contributed by atoms with E-state index >= 15 is 0 Å². The summed E-state index contributed by atoms with van der Waals surface area (Å²) in [4.78, 5) is 13.7. The third-order valence-electron chi connectivity index (χ3n) is 4.65. The van der Waals surface area contributed by atoms with E-state index in [9.17, 15) is 28.0 Å². The molecular formula is C21H24ClF2NO4S. The van der Waals surface area contributed by atoms with Gasteiger partial charge in [-0.15, -0.1) is 0 Å². The van der Waals surface area contributed by atoms with E-state index in [0.717, 1.165) is 6.07 Å². The van der Waals surface area contributed by atoms with Crippen LogP contribution < -0.4 is 0 Å². The molecule has 0 spiro atoms. The Morgan fingerprint density at radius 1 is 1.30 bits per heavy atom. The molecule has 1 aliphatic heterocycles. The molecule has 1 saturated heterocycles. The van der Waals surface area contributed by atoms with Crippen LogP contribution in [0.2, 0.25) is 5.02 Å². The number of hydrogen-bond acceptors (Lipinski definition) is 4. The first-order valence-corrected chi connectivity index (χ1v) is 11.4. The van der Waals surface area contributed by atoms with E-state index in [2.05, 4.69) is 12.4 Å². The Balaban J connectivity index is 2.02. The maximum absolute atomic E-state index is 13.2.